The molecule has 1 aliphatic heterocycles. The lowest BCUT2D eigenvalue weighted by molar-refractivity contribution is 0.411. The van der Waals surface area contributed by atoms with Crippen molar-refractivity contribution in [3.63, 3.8) is 0 Å². The second kappa shape index (κ2) is 5.73. The van der Waals surface area contributed by atoms with Crippen molar-refractivity contribution in [1.29, 1.82) is 0 Å². The van der Waals surface area contributed by atoms with Crippen LogP contribution in [0.2, 0.25) is 0 Å². The van der Waals surface area contributed by atoms with Crippen LogP contribution < -0.4 is 5.73 Å². The van der Waals surface area contributed by atoms with Crippen LogP contribution in [-0.2, 0) is 0 Å². The molecule has 78 valence electrons. The van der Waals surface area contributed by atoms with Crippen molar-refractivity contribution in [1.82, 2.24) is 4.90 Å². The van der Waals surface area contributed by atoms with Crippen molar-refractivity contribution in [3.05, 3.63) is 36.1 Å². The second-order valence-electron chi connectivity index (χ2n) is 3.61. The Bertz CT molecular complexity index is 243. The summed E-state index contributed by atoms with van der Waals surface area (Å²) in [5.41, 5.74) is 5.58. The summed E-state index contributed by atoms with van der Waals surface area (Å²) >= 11 is 0. The fourth-order valence-corrected chi connectivity index (χ4v) is 1.38. The first kappa shape index (κ1) is 11.1. The Hall–Kier alpha value is -0.930. The number of hydrogen-bond acceptors (Lipinski definition) is 2. The normalized spacial score (nSPS) is 21.5. The van der Waals surface area contributed by atoms with Crippen molar-refractivity contribution in [2.45, 2.75) is 12.5 Å². The number of rotatable bonds is 0. The first-order chi connectivity index (χ1) is 6.68. The van der Waals surface area contributed by atoms with Gasteiger partial charge < -0.3 is 10.6 Å². The molecular weight excluding hydrogens is 179 g/mol. The molecule has 2 nitrogen and oxygen atoms in total. The molecule has 0 aromatic heterocycles. The molecule has 1 aliphatic rings. The zero-order valence-electron chi connectivity index (χ0n) is 8.49. The summed E-state index contributed by atoms with van der Waals surface area (Å²) in [6.07, 6.45) is 1.18. The van der Waals surface area contributed by atoms with Gasteiger partial charge in [-0.1, -0.05) is 18.2 Å². The highest BCUT2D eigenvalue weighted by atomic mass is 19.1. The van der Waals surface area contributed by atoms with Gasteiger partial charge in [-0.05, 0) is 32.1 Å². The number of nitrogens with two attached hydrogens (primary N) is 1. The van der Waals surface area contributed by atoms with Gasteiger partial charge in [0, 0.05) is 12.6 Å². The molecule has 1 unspecified atom stereocenters. The third-order valence-corrected chi connectivity index (χ3v) is 2.16. The first-order valence-electron chi connectivity index (χ1n) is 4.83. The van der Waals surface area contributed by atoms with E-state index in [0.29, 0.717) is 6.04 Å². The zero-order valence-corrected chi connectivity index (χ0v) is 8.49. The third kappa shape index (κ3) is 4.35. The van der Waals surface area contributed by atoms with Crippen LogP contribution >= 0.6 is 0 Å². The van der Waals surface area contributed by atoms with Crippen LogP contribution in [-0.4, -0.2) is 31.1 Å². The Kier molecular flexibility index (Phi) is 4.56. The minimum Gasteiger partial charge on any atom is -0.326 e. The number of halogens is 1. The van der Waals surface area contributed by atoms with E-state index in [0.717, 1.165) is 6.54 Å². The largest absolute Gasteiger partial charge is 0.326 e. The van der Waals surface area contributed by atoms with Gasteiger partial charge in [0.05, 0.1) is 0 Å². The van der Waals surface area contributed by atoms with Gasteiger partial charge in [0.15, 0.2) is 0 Å². The summed E-state index contributed by atoms with van der Waals surface area (Å²) in [5.74, 6) is -0.178. The maximum Gasteiger partial charge on any atom is 0.123 e. The highest BCUT2D eigenvalue weighted by molar-refractivity contribution is 5.02. The van der Waals surface area contributed by atoms with E-state index in [4.69, 9.17) is 5.73 Å². The summed E-state index contributed by atoms with van der Waals surface area (Å²) in [7, 11) is 2.10. The van der Waals surface area contributed by atoms with Crippen molar-refractivity contribution >= 4 is 0 Å². The van der Waals surface area contributed by atoms with E-state index in [9.17, 15) is 4.39 Å². The molecule has 0 bridgehead atoms. The number of nitrogens with zero attached hydrogens (tertiary/aromatic N) is 1. The summed E-state index contributed by atoms with van der Waals surface area (Å²) in [4.78, 5) is 2.25. The van der Waals surface area contributed by atoms with E-state index in [1.54, 1.807) is 18.2 Å². The maximum atomic E-state index is 11.9. The molecule has 0 aliphatic carbocycles. The Balaban J connectivity index is 0.000000140. The summed E-state index contributed by atoms with van der Waals surface area (Å²) in [6, 6.07) is 8.39. The molecule has 1 saturated heterocycles. The van der Waals surface area contributed by atoms with Gasteiger partial charge in [0.25, 0.3) is 0 Å². The molecule has 1 heterocycles. The third-order valence-electron chi connectivity index (χ3n) is 2.16. The molecule has 0 spiro atoms. The fourth-order valence-electron chi connectivity index (χ4n) is 1.38. The smallest absolute Gasteiger partial charge is 0.123 e. The van der Waals surface area contributed by atoms with Crippen LogP contribution in [0.25, 0.3) is 0 Å². The van der Waals surface area contributed by atoms with Crippen molar-refractivity contribution < 1.29 is 4.39 Å². The van der Waals surface area contributed by atoms with Crippen LogP contribution in [0.3, 0.4) is 0 Å². The Morgan fingerprint density at radius 1 is 1.36 bits per heavy atom. The molecule has 3 heteroatoms. The SMILES string of the molecule is CN1CCC(N)C1.Fc1ccccc1. The summed E-state index contributed by atoms with van der Waals surface area (Å²) in [5, 5.41) is 0. The molecule has 1 aromatic carbocycles. The summed E-state index contributed by atoms with van der Waals surface area (Å²) < 4.78 is 11.9. The molecule has 1 aromatic rings. The average Bonchev–Trinajstić information content (AvgIpc) is 2.52. The average molecular weight is 196 g/mol. The lowest BCUT2D eigenvalue weighted by atomic mass is 10.3. The lowest BCUT2D eigenvalue weighted by Gasteiger charge is -2.03. The second-order valence-corrected chi connectivity index (χ2v) is 3.61. The van der Waals surface area contributed by atoms with Crippen LogP contribution in [0.15, 0.2) is 30.3 Å². The van der Waals surface area contributed by atoms with Gasteiger partial charge in [-0.25, -0.2) is 4.39 Å². The number of likely N-dealkylation sites (tertiary alicyclic amines) is 1. The molecule has 0 saturated carbocycles. The van der Waals surface area contributed by atoms with Gasteiger partial charge in [0.2, 0.25) is 0 Å². The monoisotopic (exact) mass is 196 g/mol. The van der Waals surface area contributed by atoms with E-state index in [-0.39, 0.29) is 5.82 Å². The molecule has 1 fully saturated rings. The van der Waals surface area contributed by atoms with Crippen molar-refractivity contribution in [2.75, 3.05) is 20.1 Å². The minimum atomic E-state index is -0.178. The Labute approximate surface area is 84.5 Å². The fraction of sp³-hybridized carbons (Fsp3) is 0.455. The van der Waals surface area contributed by atoms with Crippen LogP contribution in [0, 0.1) is 5.82 Å². The lowest BCUT2D eigenvalue weighted by Crippen LogP contribution is -2.23. The van der Waals surface area contributed by atoms with Gasteiger partial charge in [-0.2, -0.15) is 0 Å². The molecule has 0 amide bonds. The standard InChI is InChI=1S/C6H5F.C5H12N2/c7-6-4-2-1-3-5-6;1-7-3-2-5(6)4-7/h1-5H;5H,2-4,6H2,1H3. The van der Waals surface area contributed by atoms with E-state index < -0.39 is 0 Å². The predicted molar refractivity (Wildman–Crippen MR) is 56.5 cm³/mol. The van der Waals surface area contributed by atoms with Crippen LogP contribution in [0.5, 0.6) is 0 Å². The molecular formula is C11H17FN2. The number of benzene rings is 1. The first-order valence-corrected chi connectivity index (χ1v) is 4.83. The predicted octanol–water partition coefficient (Wildman–Crippen LogP) is 1.47. The van der Waals surface area contributed by atoms with E-state index >= 15 is 0 Å². The van der Waals surface area contributed by atoms with Gasteiger partial charge in [-0.15, -0.1) is 0 Å². The number of hydrogen-bond donors (Lipinski definition) is 1. The maximum absolute atomic E-state index is 11.9. The highest BCUT2D eigenvalue weighted by Crippen LogP contribution is 2.01. The van der Waals surface area contributed by atoms with Gasteiger partial charge in [-0.3, -0.25) is 0 Å². The summed E-state index contributed by atoms with van der Waals surface area (Å²) in [6.45, 7) is 2.27. The molecule has 2 N–H and O–H groups in total. The van der Waals surface area contributed by atoms with Gasteiger partial charge >= 0.3 is 0 Å². The molecule has 0 radical (unpaired) electrons. The minimum absolute atomic E-state index is 0.178. The number of likely N-dealkylation sites (N-methyl/N-ethyl adjacent to an activating group) is 1. The molecule has 2 rings (SSSR count). The van der Waals surface area contributed by atoms with Crippen LogP contribution in [0.1, 0.15) is 6.42 Å². The quantitative estimate of drug-likeness (QED) is 0.681. The van der Waals surface area contributed by atoms with Crippen molar-refractivity contribution in [2.24, 2.45) is 5.73 Å². The highest BCUT2D eigenvalue weighted by Gasteiger charge is 2.13. The zero-order chi connectivity index (χ0) is 10.4. The van der Waals surface area contributed by atoms with Crippen molar-refractivity contribution in [3.8, 4) is 0 Å². The van der Waals surface area contributed by atoms with Gasteiger partial charge in [0.1, 0.15) is 5.82 Å². The van der Waals surface area contributed by atoms with Crippen LogP contribution in [0.4, 0.5) is 4.39 Å². The molecule has 14 heavy (non-hydrogen) atoms. The Morgan fingerprint density at radius 2 is 2.00 bits per heavy atom. The van der Waals surface area contributed by atoms with E-state index in [2.05, 4.69) is 11.9 Å². The molecule has 1 atom stereocenters. The van der Waals surface area contributed by atoms with E-state index in [1.165, 1.54) is 25.1 Å². The van der Waals surface area contributed by atoms with E-state index in [1.807, 2.05) is 0 Å². The Morgan fingerprint density at radius 3 is 2.21 bits per heavy atom. The topological polar surface area (TPSA) is 29.3 Å².